The van der Waals surface area contributed by atoms with Crippen molar-refractivity contribution in [3.8, 4) is 0 Å². The molecule has 0 aromatic rings. The number of nitrogens with one attached hydrogen (secondary N) is 1. The molecule has 2 saturated heterocycles. The minimum Gasteiger partial charge on any atom is -0.313 e. The Morgan fingerprint density at radius 3 is 2.45 bits per heavy atom. The zero-order valence-electron chi connectivity index (χ0n) is 6.64. The summed E-state index contributed by atoms with van der Waals surface area (Å²) in [7, 11) is 11.2. The van der Waals surface area contributed by atoms with Crippen molar-refractivity contribution >= 4 is 15.7 Å². The lowest BCUT2D eigenvalue weighted by Gasteiger charge is -2.40. The second kappa shape index (κ2) is 2.71. The van der Waals surface area contributed by atoms with Crippen molar-refractivity contribution in [1.29, 1.82) is 0 Å². The summed E-state index contributed by atoms with van der Waals surface area (Å²) in [5.41, 5.74) is 1.31. The summed E-state index contributed by atoms with van der Waals surface area (Å²) in [6.07, 6.45) is 3.64. The quantitative estimate of drug-likeness (QED) is 0.481. The Kier molecular flexibility index (Phi) is 1.84. The first-order valence-electron chi connectivity index (χ1n) is 4.24. The van der Waals surface area contributed by atoms with Crippen LogP contribution in [-0.4, -0.2) is 28.3 Å². The molecule has 1 aliphatic carbocycles. The molecule has 11 heavy (non-hydrogen) atoms. The van der Waals surface area contributed by atoms with Gasteiger partial charge in [-0.2, -0.15) is 5.37 Å². The van der Waals surface area contributed by atoms with E-state index in [1.165, 1.54) is 18.4 Å². The SMILES string of the molecule is [B]C([B])=C1C[C@@H]2CC[C@H]1CN2. The average Bonchev–Trinajstić information content (AvgIpc) is 2.06. The summed E-state index contributed by atoms with van der Waals surface area (Å²) in [4.78, 5) is 0. The van der Waals surface area contributed by atoms with Crippen LogP contribution in [0.25, 0.3) is 0 Å². The summed E-state index contributed by atoms with van der Waals surface area (Å²) in [5.74, 6) is 0.630. The van der Waals surface area contributed by atoms with Crippen LogP contribution in [0, 0.1) is 5.92 Å². The smallest absolute Gasteiger partial charge is 0.0922 e. The van der Waals surface area contributed by atoms with Crippen molar-refractivity contribution in [2.75, 3.05) is 6.54 Å². The maximum Gasteiger partial charge on any atom is 0.0922 e. The zero-order valence-corrected chi connectivity index (χ0v) is 6.64. The van der Waals surface area contributed by atoms with Gasteiger partial charge in [0.2, 0.25) is 0 Å². The molecule has 4 radical (unpaired) electrons. The van der Waals surface area contributed by atoms with Crippen LogP contribution in [0.1, 0.15) is 19.3 Å². The third-order valence-electron chi connectivity index (χ3n) is 2.85. The van der Waals surface area contributed by atoms with Crippen LogP contribution in [0.4, 0.5) is 0 Å². The number of fused-ring (bicyclic) bond motifs is 3. The summed E-state index contributed by atoms with van der Waals surface area (Å²) in [6, 6.07) is 0.650. The molecule has 2 bridgehead atoms. The molecule has 2 heterocycles. The van der Waals surface area contributed by atoms with E-state index in [1.54, 1.807) is 0 Å². The molecule has 3 fully saturated rings. The molecule has 2 aliphatic heterocycles. The first-order valence-corrected chi connectivity index (χ1v) is 4.24. The third kappa shape index (κ3) is 1.26. The molecule has 0 amide bonds. The van der Waals surface area contributed by atoms with Gasteiger partial charge in [0, 0.05) is 12.6 Å². The highest BCUT2D eigenvalue weighted by atomic mass is 14.9. The molecule has 0 aromatic heterocycles. The fourth-order valence-electron chi connectivity index (χ4n) is 2.17. The fourth-order valence-corrected chi connectivity index (χ4v) is 2.17. The first-order chi connectivity index (χ1) is 5.27. The van der Waals surface area contributed by atoms with Crippen LogP contribution >= 0.6 is 0 Å². The van der Waals surface area contributed by atoms with Crippen molar-refractivity contribution in [1.82, 2.24) is 5.32 Å². The van der Waals surface area contributed by atoms with E-state index in [2.05, 4.69) is 5.32 Å². The van der Waals surface area contributed by atoms with Gasteiger partial charge in [0.15, 0.2) is 0 Å². The molecular weight excluding hydrogens is 132 g/mol. The molecule has 1 saturated carbocycles. The second-order valence-corrected chi connectivity index (χ2v) is 3.56. The summed E-state index contributed by atoms with van der Waals surface area (Å²) >= 11 is 0. The van der Waals surface area contributed by atoms with Gasteiger partial charge in [-0.25, -0.2) is 0 Å². The molecule has 54 valence electrons. The van der Waals surface area contributed by atoms with Gasteiger partial charge in [-0.1, -0.05) is 5.57 Å². The Morgan fingerprint density at radius 2 is 2.18 bits per heavy atom. The predicted molar refractivity (Wildman–Crippen MR) is 47.7 cm³/mol. The fraction of sp³-hybridized carbons (Fsp3) is 0.750. The Morgan fingerprint density at radius 1 is 1.36 bits per heavy atom. The Hall–Kier alpha value is -0.170. The lowest BCUT2D eigenvalue weighted by molar-refractivity contribution is 0.278. The van der Waals surface area contributed by atoms with Gasteiger partial charge in [0.1, 0.15) is 0 Å². The van der Waals surface area contributed by atoms with E-state index in [0.29, 0.717) is 17.3 Å². The molecular formula is C8H11B2N. The van der Waals surface area contributed by atoms with Gasteiger partial charge in [0.05, 0.1) is 15.7 Å². The lowest BCUT2D eigenvalue weighted by atomic mass is 9.66. The monoisotopic (exact) mass is 143 g/mol. The molecule has 3 heteroatoms. The van der Waals surface area contributed by atoms with Crippen molar-refractivity contribution in [2.24, 2.45) is 5.92 Å². The normalized spacial score (nSPS) is 35.8. The molecule has 0 spiro atoms. The van der Waals surface area contributed by atoms with Crippen LogP contribution in [-0.2, 0) is 0 Å². The third-order valence-corrected chi connectivity index (χ3v) is 2.85. The van der Waals surface area contributed by atoms with Crippen LogP contribution in [0.15, 0.2) is 10.9 Å². The van der Waals surface area contributed by atoms with Gasteiger partial charge < -0.3 is 5.32 Å². The lowest BCUT2D eigenvalue weighted by Crippen LogP contribution is -2.46. The zero-order chi connectivity index (χ0) is 7.84. The number of rotatable bonds is 0. The maximum atomic E-state index is 5.58. The van der Waals surface area contributed by atoms with E-state index in [0.717, 1.165) is 13.0 Å². The summed E-state index contributed by atoms with van der Waals surface area (Å²) in [6.45, 7) is 1.08. The topological polar surface area (TPSA) is 12.0 Å². The minimum absolute atomic E-state index is 0.571. The maximum absolute atomic E-state index is 5.58. The Bertz CT molecular complexity index is 188. The number of hydrogen-bond donors (Lipinski definition) is 1. The number of piperidine rings is 2. The number of hydrogen-bond acceptors (Lipinski definition) is 1. The van der Waals surface area contributed by atoms with Gasteiger partial charge in [0.25, 0.3) is 0 Å². The molecule has 0 unspecified atom stereocenters. The van der Waals surface area contributed by atoms with Gasteiger partial charge >= 0.3 is 0 Å². The van der Waals surface area contributed by atoms with Gasteiger partial charge in [-0.05, 0) is 25.2 Å². The molecule has 0 aromatic carbocycles. The van der Waals surface area contributed by atoms with E-state index < -0.39 is 0 Å². The minimum atomic E-state index is 0.571. The standard InChI is InChI=1S/C8H11B2N/c9-8(10)7-3-6-2-1-5(7)4-11-6/h5-6,11H,1-4H2/t5-,6-/m0/s1. The average molecular weight is 143 g/mol. The van der Waals surface area contributed by atoms with Crippen molar-refractivity contribution < 1.29 is 0 Å². The highest BCUT2D eigenvalue weighted by molar-refractivity contribution is 6.48. The predicted octanol–water partition coefficient (Wildman–Crippen LogP) is 0.307. The largest absolute Gasteiger partial charge is 0.313 e. The van der Waals surface area contributed by atoms with Crippen LogP contribution in [0.5, 0.6) is 0 Å². The van der Waals surface area contributed by atoms with Crippen LogP contribution in [0.2, 0.25) is 0 Å². The van der Waals surface area contributed by atoms with E-state index in [4.69, 9.17) is 15.7 Å². The second-order valence-electron chi connectivity index (χ2n) is 3.56. The van der Waals surface area contributed by atoms with Crippen LogP contribution < -0.4 is 5.32 Å². The van der Waals surface area contributed by atoms with E-state index in [-0.39, 0.29) is 0 Å². The molecule has 1 nitrogen and oxygen atoms in total. The highest BCUT2D eigenvalue weighted by Crippen LogP contribution is 2.34. The summed E-state index contributed by atoms with van der Waals surface area (Å²) in [5, 5.41) is 4.03. The van der Waals surface area contributed by atoms with Crippen molar-refractivity contribution in [2.45, 2.75) is 25.3 Å². The van der Waals surface area contributed by atoms with Crippen molar-refractivity contribution in [3.63, 3.8) is 0 Å². The molecule has 3 aliphatic rings. The van der Waals surface area contributed by atoms with E-state index in [9.17, 15) is 0 Å². The first kappa shape index (κ1) is 7.48. The van der Waals surface area contributed by atoms with Crippen LogP contribution in [0.3, 0.4) is 0 Å². The highest BCUT2D eigenvalue weighted by Gasteiger charge is 2.30. The molecule has 2 atom stereocenters. The Balaban J connectivity index is 2.21. The molecule has 3 rings (SSSR count). The van der Waals surface area contributed by atoms with E-state index in [1.807, 2.05) is 0 Å². The van der Waals surface area contributed by atoms with Gasteiger partial charge in [-0.3, -0.25) is 0 Å². The molecule has 1 N–H and O–H groups in total. The van der Waals surface area contributed by atoms with E-state index >= 15 is 0 Å². The van der Waals surface area contributed by atoms with Gasteiger partial charge in [-0.15, -0.1) is 0 Å². The summed E-state index contributed by atoms with van der Waals surface area (Å²) < 4.78 is 0. The van der Waals surface area contributed by atoms with Crippen molar-refractivity contribution in [3.05, 3.63) is 10.9 Å². The Labute approximate surface area is 70.4 Å².